The van der Waals surface area contributed by atoms with E-state index < -0.39 is 30.4 Å². The highest BCUT2D eigenvalue weighted by atomic mass is 19.3. The number of halogens is 2. The summed E-state index contributed by atoms with van der Waals surface area (Å²) < 4.78 is 23.6. The molecule has 0 aliphatic rings. The number of aliphatic carboxylic acids is 1. The van der Waals surface area contributed by atoms with Crippen LogP contribution >= 0.6 is 0 Å². The quantitative estimate of drug-likeness (QED) is 0.641. The second kappa shape index (κ2) is 7.03. The molecule has 0 fully saturated rings. The first kappa shape index (κ1) is 15.6. The number of urea groups is 1. The van der Waals surface area contributed by atoms with Crippen LogP contribution in [0.2, 0.25) is 0 Å². The molecule has 5 nitrogen and oxygen atoms in total. The molecule has 0 saturated heterocycles. The van der Waals surface area contributed by atoms with Crippen LogP contribution in [0.25, 0.3) is 0 Å². The average Bonchev–Trinajstić information content (AvgIpc) is 2.28. The number of alkyl halides is 2. The predicted molar refractivity (Wildman–Crippen MR) is 58.1 cm³/mol. The van der Waals surface area contributed by atoms with Crippen LogP contribution in [0.5, 0.6) is 0 Å². The summed E-state index contributed by atoms with van der Waals surface area (Å²) in [6.45, 7) is 2.58. The Labute approximate surface area is 98.6 Å². The Balaban J connectivity index is 4.22. The van der Waals surface area contributed by atoms with Crippen LogP contribution in [0.15, 0.2) is 0 Å². The fourth-order valence-electron chi connectivity index (χ4n) is 1.36. The number of carboxylic acid groups (broad SMARTS) is 1. The third kappa shape index (κ3) is 4.97. The van der Waals surface area contributed by atoms with E-state index in [4.69, 9.17) is 5.11 Å². The van der Waals surface area contributed by atoms with E-state index in [1.807, 2.05) is 5.32 Å². The van der Waals surface area contributed by atoms with Gasteiger partial charge in [0.1, 0.15) is 0 Å². The number of rotatable bonds is 7. The standard InChI is InChI=1S/C10H18F2N2O3/c1-3-10(4-2,8(15)16)6-14-9(17)13-5-7(11)12/h7H,3-6H2,1-2H3,(H,15,16)(H2,13,14,17). The number of carboxylic acids is 1. The van der Waals surface area contributed by atoms with Crippen LogP contribution in [0.3, 0.4) is 0 Å². The number of hydrogen-bond donors (Lipinski definition) is 3. The lowest BCUT2D eigenvalue weighted by Crippen LogP contribution is -2.46. The van der Waals surface area contributed by atoms with Crippen LogP contribution in [0.4, 0.5) is 13.6 Å². The van der Waals surface area contributed by atoms with Gasteiger partial charge in [0.2, 0.25) is 0 Å². The summed E-state index contributed by atoms with van der Waals surface area (Å²) in [6, 6.07) is -0.780. The minimum Gasteiger partial charge on any atom is -0.481 e. The van der Waals surface area contributed by atoms with Crippen LogP contribution in [0, 0.1) is 5.41 Å². The van der Waals surface area contributed by atoms with Gasteiger partial charge in [0, 0.05) is 6.54 Å². The topological polar surface area (TPSA) is 78.4 Å². The minimum atomic E-state index is -2.62. The van der Waals surface area contributed by atoms with Crippen LogP contribution in [-0.4, -0.2) is 36.6 Å². The van der Waals surface area contributed by atoms with Crippen molar-refractivity contribution in [3.05, 3.63) is 0 Å². The largest absolute Gasteiger partial charge is 0.481 e. The summed E-state index contributed by atoms with van der Waals surface area (Å²) in [7, 11) is 0. The van der Waals surface area contributed by atoms with Crippen molar-refractivity contribution in [1.29, 1.82) is 0 Å². The lowest BCUT2D eigenvalue weighted by Gasteiger charge is -2.26. The minimum absolute atomic E-state index is 0.0790. The highest BCUT2D eigenvalue weighted by Crippen LogP contribution is 2.25. The van der Waals surface area contributed by atoms with E-state index in [2.05, 4.69) is 5.32 Å². The SMILES string of the molecule is CCC(CC)(CNC(=O)NCC(F)F)C(=O)O. The third-order valence-electron chi connectivity index (χ3n) is 2.81. The van der Waals surface area contributed by atoms with Crippen molar-refractivity contribution in [2.75, 3.05) is 13.1 Å². The molecule has 17 heavy (non-hydrogen) atoms. The zero-order chi connectivity index (χ0) is 13.5. The molecule has 0 aliphatic carbocycles. The maximum Gasteiger partial charge on any atom is 0.315 e. The zero-order valence-electron chi connectivity index (χ0n) is 9.93. The summed E-state index contributed by atoms with van der Waals surface area (Å²) in [5.41, 5.74) is -1.04. The highest BCUT2D eigenvalue weighted by molar-refractivity contribution is 5.78. The van der Waals surface area contributed by atoms with Gasteiger partial charge in [-0.1, -0.05) is 13.8 Å². The Morgan fingerprint density at radius 3 is 2.12 bits per heavy atom. The van der Waals surface area contributed by atoms with Gasteiger partial charge < -0.3 is 15.7 Å². The molecule has 2 amide bonds. The Morgan fingerprint density at radius 2 is 1.76 bits per heavy atom. The molecular formula is C10H18F2N2O3. The first-order valence-corrected chi connectivity index (χ1v) is 5.41. The molecule has 0 rings (SSSR count). The summed E-state index contributed by atoms with van der Waals surface area (Å²) >= 11 is 0. The van der Waals surface area contributed by atoms with E-state index in [1.165, 1.54) is 0 Å². The van der Waals surface area contributed by atoms with Crippen LogP contribution in [-0.2, 0) is 4.79 Å². The predicted octanol–water partition coefficient (Wildman–Crippen LogP) is 1.44. The van der Waals surface area contributed by atoms with Gasteiger partial charge in [-0.25, -0.2) is 13.6 Å². The average molecular weight is 252 g/mol. The number of carbonyl (C=O) groups is 2. The smallest absolute Gasteiger partial charge is 0.315 e. The van der Waals surface area contributed by atoms with E-state index in [1.54, 1.807) is 13.8 Å². The molecule has 0 spiro atoms. The van der Waals surface area contributed by atoms with Crippen molar-refractivity contribution in [1.82, 2.24) is 10.6 Å². The number of amides is 2. The molecule has 7 heteroatoms. The van der Waals surface area contributed by atoms with Crippen molar-refractivity contribution in [2.45, 2.75) is 33.1 Å². The highest BCUT2D eigenvalue weighted by Gasteiger charge is 2.35. The van der Waals surface area contributed by atoms with E-state index in [-0.39, 0.29) is 6.54 Å². The van der Waals surface area contributed by atoms with Gasteiger partial charge in [-0.05, 0) is 12.8 Å². The first-order valence-electron chi connectivity index (χ1n) is 5.41. The Morgan fingerprint density at radius 1 is 1.24 bits per heavy atom. The van der Waals surface area contributed by atoms with Crippen LogP contribution in [0.1, 0.15) is 26.7 Å². The molecule has 0 saturated carbocycles. The maximum absolute atomic E-state index is 11.8. The summed E-state index contributed by atoms with van der Waals surface area (Å²) in [5, 5.41) is 13.3. The van der Waals surface area contributed by atoms with Gasteiger partial charge in [0.05, 0.1) is 12.0 Å². The second-order valence-electron chi connectivity index (χ2n) is 3.75. The fraction of sp³-hybridized carbons (Fsp3) is 0.800. The van der Waals surface area contributed by atoms with Gasteiger partial charge in [-0.2, -0.15) is 0 Å². The van der Waals surface area contributed by atoms with Crippen molar-refractivity contribution in [3.63, 3.8) is 0 Å². The van der Waals surface area contributed by atoms with E-state index in [0.717, 1.165) is 0 Å². The molecule has 0 atom stereocenters. The normalized spacial score (nSPS) is 11.4. The Kier molecular flexibility index (Phi) is 6.45. The van der Waals surface area contributed by atoms with Crippen molar-refractivity contribution >= 4 is 12.0 Å². The van der Waals surface area contributed by atoms with E-state index in [0.29, 0.717) is 12.8 Å². The van der Waals surface area contributed by atoms with Crippen LogP contribution < -0.4 is 10.6 Å². The zero-order valence-corrected chi connectivity index (χ0v) is 9.93. The lowest BCUT2D eigenvalue weighted by molar-refractivity contribution is -0.149. The second-order valence-corrected chi connectivity index (χ2v) is 3.75. The summed E-state index contributed by atoms with van der Waals surface area (Å²) in [5.74, 6) is -1.00. The van der Waals surface area contributed by atoms with Crippen molar-refractivity contribution < 1.29 is 23.5 Å². The van der Waals surface area contributed by atoms with Gasteiger partial charge >= 0.3 is 12.0 Å². The molecule has 0 bridgehead atoms. The molecule has 0 unspecified atom stereocenters. The van der Waals surface area contributed by atoms with Gasteiger partial charge in [-0.3, -0.25) is 4.79 Å². The van der Waals surface area contributed by atoms with Crippen molar-refractivity contribution in [2.24, 2.45) is 5.41 Å². The molecule has 100 valence electrons. The number of carbonyl (C=O) groups excluding carboxylic acids is 1. The van der Waals surface area contributed by atoms with Gasteiger partial charge in [0.15, 0.2) is 0 Å². The summed E-state index contributed by atoms with van der Waals surface area (Å²) in [6.07, 6.45) is -1.91. The Bertz CT molecular complexity index is 268. The molecule has 0 aromatic rings. The molecular weight excluding hydrogens is 234 g/mol. The van der Waals surface area contributed by atoms with E-state index in [9.17, 15) is 18.4 Å². The van der Waals surface area contributed by atoms with Gasteiger partial charge in [-0.15, -0.1) is 0 Å². The third-order valence-corrected chi connectivity index (χ3v) is 2.81. The lowest BCUT2D eigenvalue weighted by atomic mass is 9.82. The molecule has 3 N–H and O–H groups in total. The first-order chi connectivity index (χ1) is 7.88. The Hall–Kier alpha value is -1.40. The molecule has 0 aromatic carbocycles. The monoisotopic (exact) mass is 252 g/mol. The van der Waals surface area contributed by atoms with Crippen molar-refractivity contribution in [3.8, 4) is 0 Å². The molecule has 0 heterocycles. The molecule has 0 radical (unpaired) electrons. The van der Waals surface area contributed by atoms with Gasteiger partial charge in [0.25, 0.3) is 6.43 Å². The molecule has 0 aliphatic heterocycles. The maximum atomic E-state index is 11.8. The van der Waals surface area contributed by atoms with E-state index >= 15 is 0 Å². The molecule has 0 aromatic heterocycles. The number of hydrogen-bond acceptors (Lipinski definition) is 2. The fourth-order valence-corrected chi connectivity index (χ4v) is 1.36. The summed E-state index contributed by atoms with van der Waals surface area (Å²) in [4.78, 5) is 22.2. The number of nitrogens with one attached hydrogen (secondary N) is 2.